The number of anilines is 1. The van der Waals surface area contributed by atoms with Crippen LogP contribution in [0.5, 0.6) is 5.75 Å². The van der Waals surface area contributed by atoms with Crippen molar-refractivity contribution in [1.82, 2.24) is 14.8 Å². The average molecular weight is 310 g/mol. The summed E-state index contributed by atoms with van der Waals surface area (Å²) in [6.45, 7) is 0. The van der Waals surface area contributed by atoms with Crippen molar-refractivity contribution in [3.8, 4) is 11.4 Å². The number of benzene rings is 2. The molecule has 0 radical (unpaired) electrons. The SMILES string of the molecule is COc1cccc(NC(=O)c2nn(-c3ccccc3)c(=O)[nH]2)c1. The first-order chi connectivity index (χ1) is 11.2. The molecule has 0 saturated heterocycles. The summed E-state index contributed by atoms with van der Waals surface area (Å²) in [6, 6.07) is 15.8. The van der Waals surface area contributed by atoms with Gasteiger partial charge in [0, 0.05) is 11.8 Å². The van der Waals surface area contributed by atoms with Gasteiger partial charge in [-0.25, -0.2) is 4.79 Å². The standard InChI is InChI=1S/C16H14N4O3/c1-23-13-9-5-6-11(10-13)17-15(21)14-18-16(22)20(19-14)12-7-3-2-4-8-12/h2-10H,1H3,(H,17,21)(H,18,19,22). The van der Waals surface area contributed by atoms with Gasteiger partial charge in [-0.15, -0.1) is 5.10 Å². The molecule has 0 aliphatic heterocycles. The van der Waals surface area contributed by atoms with E-state index in [1.165, 1.54) is 0 Å². The van der Waals surface area contributed by atoms with Gasteiger partial charge in [-0.3, -0.25) is 9.78 Å². The Labute approximate surface area is 131 Å². The van der Waals surface area contributed by atoms with Gasteiger partial charge in [0.1, 0.15) is 5.75 Å². The number of nitrogens with one attached hydrogen (secondary N) is 2. The Morgan fingerprint density at radius 1 is 1.17 bits per heavy atom. The summed E-state index contributed by atoms with van der Waals surface area (Å²) in [7, 11) is 1.54. The van der Waals surface area contributed by atoms with Crippen LogP contribution in [0.1, 0.15) is 10.6 Å². The van der Waals surface area contributed by atoms with Gasteiger partial charge in [0.15, 0.2) is 0 Å². The van der Waals surface area contributed by atoms with Gasteiger partial charge in [0.05, 0.1) is 12.8 Å². The second kappa shape index (κ2) is 6.18. The van der Waals surface area contributed by atoms with Crippen molar-refractivity contribution in [2.45, 2.75) is 0 Å². The lowest BCUT2D eigenvalue weighted by Crippen LogP contribution is -2.15. The maximum atomic E-state index is 12.2. The number of amides is 1. The lowest BCUT2D eigenvalue weighted by molar-refractivity contribution is 0.101. The molecule has 0 aliphatic rings. The van der Waals surface area contributed by atoms with Crippen molar-refractivity contribution < 1.29 is 9.53 Å². The maximum Gasteiger partial charge on any atom is 0.348 e. The fourth-order valence-electron chi connectivity index (χ4n) is 2.06. The van der Waals surface area contributed by atoms with Gasteiger partial charge >= 0.3 is 5.69 Å². The number of methoxy groups -OCH3 is 1. The number of aromatic amines is 1. The van der Waals surface area contributed by atoms with Crippen LogP contribution in [0.2, 0.25) is 0 Å². The zero-order chi connectivity index (χ0) is 16.2. The summed E-state index contributed by atoms with van der Waals surface area (Å²) in [4.78, 5) is 26.6. The molecule has 1 amide bonds. The molecule has 3 rings (SSSR count). The molecular weight excluding hydrogens is 296 g/mol. The first-order valence-electron chi connectivity index (χ1n) is 6.87. The number of para-hydroxylation sites is 1. The largest absolute Gasteiger partial charge is 0.497 e. The molecule has 23 heavy (non-hydrogen) atoms. The van der Waals surface area contributed by atoms with Crippen molar-refractivity contribution in [3.05, 3.63) is 70.9 Å². The summed E-state index contributed by atoms with van der Waals surface area (Å²) in [5.41, 5.74) is 0.644. The first-order valence-corrected chi connectivity index (χ1v) is 6.87. The molecule has 2 N–H and O–H groups in total. The molecule has 0 saturated carbocycles. The smallest absolute Gasteiger partial charge is 0.348 e. The zero-order valence-electron chi connectivity index (χ0n) is 12.3. The molecule has 3 aromatic rings. The Morgan fingerprint density at radius 2 is 1.96 bits per heavy atom. The number of hydrogen-bond donors (Lipinski definition) is 2. The summed E-state index contributed by atoms with van der Waals surface area (Å²) >= 11 is 0. The van der Waals surface area contributed by atoms with Crippen LogP contribution in [-0.4, -0.2) is 27.8 Å². The third-order valence-corrected chi connectivity index (χ3v) is 3.16. The van der Waals surface area contributed by atoms with E-state index in [0.29, 0.717) is 17.1 Å². The van der Waals surface area contributed by atoms with Crippen molar-refractivity contribution in [3.63, 3.8) is 0 Å². The Hall–Kier alpha value is -3.35. The van der Waals surface area contributed by atoms with Crippen LogP contribution in [0, 0.1) is 0 Å². The van der Waals surface area contributed by atoms with E-state index in [-0.39, 0.29) is 5.82 Å². The third kappa shape index (κ3) is 3.13. The molecular formula is C16H14N4O3. The van der Waals surface area contributed by atoms with Crippen LogP contribution >= 0.6 is 0 Å². The predicted octanol–water partition coefficient (Wildman–Crippen LogP) is 1.82. The second-order valence-corrected chi connectivity index (χ2v) is 4.71. The molecule has 0 bridgehead atoms. The van der Waals surface area contributed by atoms with Crippen molar-refractivity contribution >= 4 is 11.6 Å². The lowest BCUT2D eigenvalue weighted by atomic mass is 10.3. The van der Waals surface area contributed by atoms with E-state index in [0.717, 1.165) is 4.68 Å². The van der Waals surface area contributed by atoms with E-state index in [9.17, 15) is 9.59 Å². The van der Waals surface area contributed by atoms with E-state index in [2.05, 4.69) is 15.4 Å². The quantitative estimate of drug-likeness (QED) is 0.769. The van der Waals surface area contributed by atoms with E-state index < -0.39 is 11.6 Å². The lowest BCUT2D eigenvalue weighted by Gasteiger charge is -2.05. The van der Waals surface area contributed by atoms with Gasteiger partial charge < -0.3 is 10.1 Å². The highest BCUT2D eigenvalue weighted by Gasteiger charge is 2.14. The minimum atomic E-state index is -0.509. The number of nitrogens with zero attached hydrogens (tertiary/aromatic N) is 2. The Kier molecular flexibility index (Phi) is 3.92. The van der Waals surface area contributed by atoms with Crippen LogP contribution in [0.15, 0.2) is 59.4 Å². The van der Waals surface area contributed by atoms with E-state index in [4.69, 9.17) is 4.74 Å². The number of carbonyl (C=O) groups is 1. The number of ether oxygens (including phenoxy) is 1. The second-order valence-electron chi connectivity index (χ2n) is 4.71. The number of aromatic nitrogens is 3. The molecule has 0 spiro atoms. The molecule has 7 nitrogen and oxygen atoms in total. The summed E-state index contributed by atoms with van der Waals surface area (Å²) in [5, 5.41) is 6.68. The molecule has 0 aliphatic carbocycles. The number of H-pyrrole nitrogens is 1. The molecule has 0 unspecified atom stereocenters. The fourth-order valence-corrected chi connectivity index (χ4v) is 2.06. The highest BCUT2D eigenvalue weighted by Crippen LogP contribution is 2.17. The molecule has 7 heteroatoms. The topological polar surface area (TPSA) is 89.0 Å². The average Bonchev–Trinajstić information content (AvgIpc) is 2.98. The number of carbonyl (C=O) groups excluding carboxylic acids is 1. The van der Waals surface area contributed by atoms with Gasteiger partial charge in [-0.05, 0) is 24.3 Å². The normalized spacial score (nSPS) is 10.3. The maximum absolute atomic E-state index is 12.2. The van der Waals surface area contributed by atoms with Gasteiger partial charge in [-0.1, -0.05) is 24.3 Å². The molecule has 0 fully saturated rings. The Balaban J connectivity index is 1.85. The molecule has 1 heterocycles. The van der Waals surface area contributed by atoms with Gasteiger partial charge in [0.2, 0.25) is 5.82 Å². The van der Waals surface area contributed by atoms with E-state index >= 15 is 0 Å². The molecule has 1 aromatic heterocycles. The molecule has 116 valence electrons. The Morgan fingerprint density at radius 3 is 2.70 bits per heavy atom. The van der Waals surface area contributed by atoms with Gasteiger partial charge in [-0.2, -0.15) is 4.68 Å². The Bertz CT molecular complexity index is 884. The summed E-state index contributed by atoms with van der Waals surface area (Å²) < 4.78 is 6.23. The summed E-state index contributed by atoms with van der Waals surface area (Å²) in [5.74, 6) is 0.0396. The van der Waals surface area contributed by atoms with Crippen LogP contribution < -0.4 is 15.7 Å². The van der Waals surface area contributed by atoms with Crippen molar-refractivity contribution in [2.24, 2.45) is 0 Å². The van der Waals surface area contributed by atoms with Crippen LogP contribution in [0.3, 0.4) is 0 Å². The highest BCUT2D eigenvalue weighted by molar-refractivity contribution is 6.01. The third-order valence-electron chi connectivity index (χ3n) is 3.16. The minimum absolute atomic E-state index is 0.0679. The van der Waals surface area contributed by atoms with Gasteiger partial charge in [0.25, 0.3) is 5.91 Å². The van der Waals surface area contributed by atoms with Crippen LogP contribution in [-0.2, 0) is 0 Å². The molecule has 2 aromatic carbocycles. The molecule has 0 atom stereocenters. The number of hydrogen-bond acceptors (Lipinski definition) is 4. The first kappa shape index (κ1) is 14.6. The number of rotatable bonds is 4. The van der Waals surface area contributed by atoms with E-state index in [1.807, 2.05) is 6.07 Å². The predicted molar refractivity (Wildman–Crippen MR) is 85.1 cm³/mol. The monoisotopic (exact) mass is 310 g/mol. The van der Waals surface area contributed by atoms with Crippen molar-refractivity contribution in [2.75, 3.05) is 12.4 Å². The summed E-state index contributed by atoms with van der Waals surface area (Å²) in [6.07, 6.45) is 0. The highest BCUT2D eigenvalue weighted by atomic mass is 16.5. The minimum Gasteiger partial charge on any atom is -0.497 e. The fraction of sp³-hybridized carbons (Fsp3) is 0.0625. The van der Waals surface area contributed by atoms with Crippen LogP contribution in [0.25, 0.3) is 5.69 Å². The van der Waals surface area contributed by atoms with E-state index in [1.54, 1.807) is 55.6 Å². The zero-order valence-corrected chi connectivity index (χ0v) is 12.3. The van der Waals surface area contributed by atoms with Crippen LogP contribution in [0.4, 0.5) is 5.69 Å². The van der Waals surface area contributed by atoms with Crippen molar-refractivity contribution in [1.29, 1.82) is 0 Å².